The third kappa shape index (κ3) is 5.33. The van der Waals surface area contributed by atoms with Crippen molar-refractivity contribution in [1.29, 1.82) is 0 Å². The third-order valence-electron chi connectivity index (χ3n) is 1.85. The highest BCUT2D eigenvalue weighted by Crippen LogP contribution is 2.13. The second-order valence-electron chi connectivity index (χ2n) is 4.65. The predicted octanol–water partition coefficient (Wildman–Crippen LogP) is 2.88. The van der Waals surface area contributed by atoms with Crippen molar-refractivity contribution in [3.8, 4) is 5.75 Å². The van der Waals surface area contributed by atoms with Crippen molar-refractivity contribution in [2.24, 2.45) is 0 Å². The molecule has 17 heavy (non-hydrogen) atoms. The van der Waals surface area contributed by atoms with Gasteiger partial charge in [0.2, 0.25) is 0 Å². The first-order valence-electron chi connectivity index (χ1n) is 5.40. The molecule has 0 aliphatic carbocycles. The Balaban J connectivity index is 2.42. The van der Waals surface area contributed by atoms with E-state index in [0.717, 1.165) is 0 Å². The van der Waals surface area contributed by atoms with Gasteiger partial charge in [0.25, 0.3) is 0 Å². The average Bonchev–Trinajstić information content (AvgIpc) is 2.25. The quantitative estimate of drug-likeness (QED) is 0.759. The molecule has 0 radical (unpaired) electrons. The third-order valence-corrected chi connectivity index (χ3v) is 1.85. The second kappa shape index (κ2) is 5.66. The maximum absolute atomic E-state index is 12.2. The average molecular weight is 240 g/mol. The molecule has 0 aliphatic heterocycles. The molecule has 0 saturated carbocycles. The normalized spacial score (nSPS) is 11.1. The van der Waals surface area contributed by atoms with Crippen LogP contribution in [0, 0.1) is 0 Å². The molecule has 1 rings (SSSR count). The van der Waals surface area contributed by atoms with Crippen molar-refractivity contribution in [2.75, 3.05) is 6.61 Å². The van der Waals surface area contributed by atoms with E-state index in [0.29, 0.717) is 11.3 Å². The Kier molecular flexibility index (Phi) is 4.49. The molecule has 0 aliphatic rings. The van der Waals surface area contributed by atoms with Crippen LogP contribution in [0.5, 0.6) is 5.75 Å². The minimum atomic E-state index is -0.515. The summed E-state index contributed by atoms with van der Waals surface area (Å²) in [5.41, 5.74) is 0.0630. The summed E-state index contributed by atoms with van der Waals surface area (Å²) in [6.07, 6.45) is 0. The highest BCUT2D eigenvalue weighted by molar-refractivity contribution is 5.71. The van der Waals surface area contributed by atoms with E-state index in [1.165, 1.54) is 0 Å². The van der Waals surface area contributed by atoms with E-state index in [1.54, 1.807) is 45.0 Å². The van der Waals surface area contributed by atoms with E-state index in [1.807, 2.05) is 0 Å². The van der Waals surface area contributed by atoms with E-state index in [9.17, 15) is 9.18 Å². The molecule has 0 spiro atoms. The van der Waals surface area contributed by atoms with Crippen molar-refractivity contribution in [1.82, 2.24) is 0 Å². The number of benzene rings is 1. The van der Waals surface area contributed by atoms with Gasteiger partial charge < -0.3 is 9.47 Å². The summed E-state index contributed by atoms with van der Waals surface area (Å²) < 4.78 is 22.5. The van der Waals surface area contributed by atoms with Crippen molar-refractivity contribution >= 4 is 5.97 Å². The molecule has 1 aromatic carbocycles. The molecule has 0 unspecified atom stereocenters. The summed E-state index contributed by atoms with van der Waals surface area (Å²) in [6, 6.07) is 6.48. The molecule has 4 heteroatoms. The molecule has 0 fully saturated rings. The number of halogens is 1. The van der Waals surface area contributed by atoms with Crippen LogP contribution in [0.4, 0.5) is 4.39 Å². The van der Waals surface area contributed by atoms with E-state index < -0.39 is 18.2 Å². The lowest BCUT2D eigenvalue weighted by atomic mass is 10.2. The zero-order valence-electron chi connectivity index (χ0n) is 10.3. The topological polar surface area (TPSA) is 35.5 Å². The van der Waals surface area contributed by atoms with E-state index in [-0.39, 0.29) is 6.61 Å². The highest BCUT2D eigenvalue weighted by Gasteiger charge is 2.16. The first kappa shape index (κ1) is 13.5. The Bertz CT molecular complexity index is 365. The van der Waals surface area contributed by atoms with Crippen LogP contribution in [0.15, 0.2) is 24.3 Å². The molecule has 0 atom stereocenters. The largest absolute Gasteiger partial charge is 0.482 e. The van der Waals surface area contributed by atoms with E-state index in [4.69, 9.17) is 9.47 Å². The van der Waals surface area contributed by atoms with Gasteiger partial charge >= 0.3 is 5.97 Å². The summed E-state index contributed by atoms with van der Waals surface area (Å²) >= 11 is 0. The van der Waals surface area contributed by atoms with Gasteiger partial charge in [0.05, 0.1) is 0 Å². The monoisotopic (exact) mass is 240 g/mol. The van der Waals surface area contributed by atoms with Crippen LogP contribution in [0.25, 0.3) is 0 Å². The second-order valence-corrected chi connectivity index (χ2v) is 4.65. The smallest absolute Gasteiger partial charge is 0.344 e. The van der Waals surface area contributed by atoms with Gasteiger partial charge in [-0.3, -0.25) is 0 Å². The number of carbonyl (C=O) groups excluding carboxylic acids is 1. The summed E-state index contributed by atoms with van der Waals surface area (Å²) in [6.45, 7) is 4.72. The lowest BCUT2D eigenvalue weighted by Crippen LogP contribution is -2.27. The molecule has 0 bridgehead atoms. The zero-order chi connectivity index (χ0) is 12.9. The van der Waals surface area contributed by atoms with E-state index in [2.05, 4.69) is 0 Å². The molecular formula is C13H17FO3. The Morgan fingerprint density at radius 2 is 1.82 bits per heavy atom. The summed E-state index contributed by atoms with van der Waals surface area (Å²) in [5.74, 6) is 0.0973. The fourth-order valence-corrected chi connectivity index (χ4v) is 1.19. The summed E-state index contributed by atoms with van der Waals surface area (Å²) in [4.78, 5) is 11.3. The zero-order valence-corrected chi connectivity index (χ0v) is 10.3. The Morgan fingerprint density at radius 1 is 1.24 bits per heavy atom. The van der Waals surface area contributed by atoms with Gasteiger partial charge in [-0.15, -0.1) is 0 Å². The minimum absolute atomic E-state index is 0.147. The van der Waals surface area contributed by atoms with Crippen LogP contribution in [0.2, 0.25) is 0 Å². The molecule has 0 aromatic heterocycles. The Hall–Kier alpha value is -1.58. The van der Waals surface area contributed by atoms with Crippen LogP contribution in [-0.2, 0) is 16.2 Å². The molecule has 3 nitrogen and oxygen atoms in total. The number of rotatable bonds is 4. The number of hydrogen-bond acceptors (Lipinski definition) is 3. The number of alkyl halides is 1. The van der Waals surface area contributed by atoms with Gasteiger partial charge in [-0.1, -0.05) is 12.1 Å². The lowest BCUT2D eigenvalue weighted by Gasteiger charge is -2.19. The SMILES string of the molecule is CC(C)(C)OC(=O)COc1ccc(CF)cc1. The minimum Gasteiger partial charge on any atom is -0.482 e. The fraction of sp³-hybridized carbons (Fsp3) is 0.462. The van der Waals surface area contributed by atoms with Crippen molar-refractivity contribution < 1.29 is 18.7 Å². The first-order chi connectivity index (χ1) is 7.90. The summed E-state index contributed by atoms with van der Waals surface area (Å²) in [7, 11) is 0. The van der Waals surface area contributed by atoms with Gasteiger partial charge in [-0.2, -0.15) is 0 Å². The molecule has 0 heterocycles. The van der Waals surface area contributed by atoms with Crippen LogP contribution < -0.4 is 4.74 Å². The lowest BCUT2D eigenvalue weighted by molar-refractivity contribution is -0.157. The molecule has 0 amide bonds. The van der Waals surface area contributed by atoms with Gasteiger partial charge in [0, 0.05) is 0 Å². The highest BCUT2D eigenvalue weighted by atomic mass is 19.1. The van der Waals surface area contributed by atoms with Crippen molar-refractivity contribution in [2.45, 2.75) is 33.0 Å². The van der Waals surface area contributed by atoms with E-state index >= 15 is 0 Å². The fourth-order valence-electron chi connectivity index (χ4n) is 1.19. The van der Waals surface area contributed by atoms with Crippen molar-refractivity contribution in [3.05, 3.63) is 29.8 Å². The van der Waals surface area contributed by atoms with Crippen molar-refractivity contribution in [3.63, 3.8) is 0 Å². The molecule has 1 aromatic rings. The Labute approximate surface area is 101 Å². The predicted molar refractivity (Wildman–Crippen MR) is 62.6 cm³/mol. The number of ether oxygens (including phenoxy) is 2. The van der Waals surface area contributed by atoms with Crippen LogP contribution in [0.3, 0.4) is 0 Å². The molecule has 0 saturated heterocycles. The van der Waals surface area contributed by atoms with Gasteiger partial charge in [0.15, 0.2) is 6.61 Å². The number of carbonyl (C=O) groups is 1. The maximum Gasteiger partial charge on any atom is 0.344 e. The number of esters is 1. The molecule has 0 N–H and O–H groups in total. The summed E-state index contributed by atoms with van der Waals surface area (Å²) in [5, 5.41) is 0. The molecular weight excluding hydrogens is 223 g/mol. The number of hydrogen-bond donors (Lipinski definition) is 0. The van der Waals surface area contributed by atoms with Gasteiger partial charge in [-0.05, 0) is 38.5 Å². The Morgan fingerprint density at radius 3 is 2.29 bits per heavy atom. The maximum atomic E-state index is 12.2. The first-order valence-corrected chi connectivity index (χ1v) is 5.40. The van der Waals surface area contributed by atoms with Gasteiger partial charge in [-0.25, -0.2) is 9.18 Å². The van der Waals surface area contributed by atoms with Crippen LogP contribution in [0.1, 0.15) is 26.3 Å². The van der Waals surface area contributed by atoms with Crippen LogP contribution in [-0.4, -0.2) is 18.2 Å². The molecule has 94 valence electrons. The van der Waals surface area contributed by atoms with Gasteiger partial charge in [0.1, 0.15) is 18.0 Å². The van der Waals surface area contributed by atoms with Crippen LogP contribution >= 0.6 is 0 Å². The standard InChI is InChI=1S/C13H17FO3/c1-13(2,3)17-12(15)9-16-11-6-4-10(8-14)5-7-11/h4-7H,8-9H2,1-3H3.